The molecule has 0 aromatic carbocycles. The van der Waals surface area contributed by atoms with Gasteiger partial charge in [0, 0.05) is 36.0 Å². The van der Waals surface area contributed by atoms with E-state index in [1.54, 1.807) is 0 Å². The Morgan fingerprint density at radius 1 is 0.480 bits per heavy atom. The first-order valence-corrected chi connectivity index (χ1v) is 18.8. The molecule has 0 amide bonds. The van der Waals surface area contributed by atoms with E-state index in [9.17, 15) is 4.57 Å². The number of nitrogens with zero attached hydrogens (tertiary/aromatic N) is 3. The van der Waals surface area contributed by atoms with Gasteiger partial charge in [0.15, 0.2) is 0 Å². The van der Waals surface area contributed by atoms with Crippen molar-refractivity contribution in [2.45, 2.75) is 195 Å². The van der Waals surface area contributed by atoms with Crippen molar-refractivity contribution in [2.24, 2.45) is 17.2 Å². The summed E-state index contributed by atoms with van der Waals surface area (Å²) in [6.45, 7) is 14.2. The Balaban J connectivity index is -0.0000000899. The quantitative estimate of drug-likeness (QED) is 0.247. The maximum atomic E-state index is 12.1. The standard InChI is InChI=1S/C9H21N3OP.3C6H13N.3C2H4O2.3Pd/c1-7(2)10-14(13,11-8(3)4)12-9(5)6;3*7-6-4-2-1-3-5-6;3*1-2(3)4;;;/h7-9H,1-6H3;3*6H,1-5,7H2;3*1H3,(H,3,4);;;/q-3;;;;;;;3*+2/p-3. The number of carboxylic acid groups (broad SMARTS) is 3. The summed E-state index contributed by atoms with van der Waals surface area (Å²) in [6, 6.07) is 1.62. The molecule has 0 spiro atoms. The molecule has 50 heavy (non-hydrogen) atoms. The molecule has 0 bridgehead atoms. The molecular formula is C33H69N6O7PPd3. The number of rotatable bonds is 6. The van der Waals surface area contributed by atoms with Crippen LogP contribution in [0.5, 0.6) is 0 Å². The molecule has 17 heteroatoms. The molecule has 308 valence electrons. The van der Waals surface area contributed by atoms with Crippen molar-refractivity contribution in [1.29, 1.82) is 0 Å². The number of hydrogen-bond donors (Lipinski definition) is 3. The normalized spacial score (nSPS) is 15.8. The van der Waals surface area contributed by atoms with Crippen LogP contribution in [0.1, 0.15) is 159 Å². The summed E-state index contributed by atoms with van der Waals surface area (Å²) < 4.78 is 12.1. The fraction of sp³-hybridized carbons (Fsp3) is 0.909. The van der Waals surface area contributed by atoms with Crippen molar-refractivity contribution in [1.82, 2.24) is 0 Å². The Kier molecular flexibility index (Phi) is 57.2. The van der Waals surface area contributed by atoms with Crippen molar-refractivity contribution < 1.29 is 95.5 Å². The molecule has 3 rings (SSSR count). The van der Waals surface area contributed by atoms with Crippen LogP contribution in [0.4, 0.5) is 0 Å². The summed E-state index contributed by atoms with van der Waals surface area (Å²) in [5.41, 5.74) is 16.9. The average molecular weight is 1010 g/mol. The summed E-state index contributed by atoms with van der Waals surface area (Å²) in [7, 11) is -3.01. The Hall–Kier alpha value is 0.387. The first-order chi connectivity index (χ1) is 21.6. The van der Waals surface area contributed by atoms with Gasteiger partial charge in [-0.1, -0.05) is 99.3 Å². The molecule has 3 aliphatic carbocycles. The van der Waals surface area contributed by atoms with Crippen LogP contribution in [-0.4, -0.2) is 54.2 Å². The van der Waals surface area contributed by atoms with E-state index in [-0.39, 0.29) is 79.4 Å². The molecule has 0 aromatic heterocycles. The average Bonchev–Trinajstić information content (AvgIpc) is 2.88. The predicted octanol–water partition coefficient (Wildman–Crippen LogP) is 4.54. The van der Waals surface area contributed by atoms with Crippen LogP contribution < -0.4 is 32.5 Å². The second-order valence-corrected chi connectivity index (χ2v) is 14.5. The van der Waals surface area contributed by atoms with Crippen LogP contribution in [0.15, 0.2) is 0 Å². The van der Waals surface area contributed by atoms with Gasteiger partial charge in [-0.25, -0.2) is 7.59 Å². The molecule has 0 saturated heterocycles. The minimum atomic E-state index is -3.01. The van der Waals surface area contributed by atoms with E-state index in [1.165, 1.54) is 96.3 Å². The summed E-state index contributed by atoms with van der Waals surface area (Å²) in [5, 5.41) is 39.0. The topological polar surface area (TPSA) is 258 Å². The van der Waals surface area contributed by atoms with E-state index in [0.29, 0.717) is 18.1 Å². The zero-order valence-electron chi connectivity index (χ0n) is 31.9. The third-order valence-corrected chi connectivity index (χ3v) is 8.38. The van der Waals surface area contributed by atoms with Crippen molar-refractivity contribution in [3.63, 3.8) is 0 Å². The maximum absolute atomic E-state index is 12.1. The van der Waals surface area contributed by atoms with E-state index >= 15 is 0 Å². The van der Waals surface area contributed by atoms with Crippen LogP contribution in [0.25, 0.3) is 15.3 Å². The van der Waals surface area contributed by atoms with Gasteiger partial charge in [-0.05, 0) is 59.3 Å². The third-order valence-electron chi connectivity index (χ3n) is 6.09. The fourth-order valence-electron chi connectivity index (χ4n) is 4.39. The molecule has 3 aliphatic rings. The molecule has 3 fully saturated rings. The molecule has 6 N–H and O–H groups in total. The van der Waals surface area contributed by atoms with Crippen LogP contribution >= 0.6 is 7.59 Å². The van der Waals surface area contributed by atoms with E-state index in [1.807, 2.05) is 41.5 Å². The molecular weight excluding hydrogens is 943 g/mol. The molecule has 13 nitrogen and oxygen atoms in total. The van der Waals surface area contributed by atoms with Gasteiger partial charge in [0.05, 0.1) is 0 Å². The predicted molar refractivity (Wildman–Crippen MR) is 188 cm³/mol. The second kappa shape index (κ2) is 43.8. The van der Waals surface area contributed by atoms with Crippen LogP contribution in [-0.2, 0) is 80.2 Å². The van der Waals surface area contributed by atoms with Gasteiger partial charge in [-0.15, -0.1) is 18.1 Å². The largest absolute Gasteiger partial charge is 2.00 e. The van der Waals surface area contributed by atoms with Crippen LogP contribution in [0.3, 0.4) is 0 Å². The molecule has 3 saturated carbocycles. The van der Waals surface area contributed by atoms with Crippen LogP contribution in [0.2, 0.25) is 0 Å². The molecule has 0 radical (unpaired) electrons. The Morgan fingerprint density at radius 3 is 0.700 bits per heavy atom. The number of hydrogen-bond acceptors (Lipinski definition) is 10. The van der Waals surface area contributed by atoms with E-state index in [0.717, 1.165) is 20.8 Å². The van der Waals surface area contributed by atoms with Gasteiger partial charge < -0.3 is 66.7 Å². The van der Waals surface area contributed by atoms with Gasteiger partial charge in [0.2, 0.25) is 0 Å². The van der Waals surface area contributed by atoms with E-state index in [2.05, 4.69) is 15.3 Å². The first-order valence-electron chi connectivity index (χ1n) is 17.2. The summed E-state index contributed by atoms with van der Waals surface area (Å²) in [4.78, 5) is 26.7. The second-order valence-electron chi connectivity index (χ2n) is 12.8. The van der Waals surface area contributed by atoms with Crippen molar-refractivity contribution in [3.8, 4) is 0 Å². The molecule has 0 unspecified atom stereocenters. The SMILES string of the molecule is CC(=O)[O-].CC(=O)[O-].CC(=O)[O-].CC(C)[N-]P(=O)([N-]C(C)C)[N-]C(C)C.NC1CCCCC1.NC1CCCCC1.NC1CCCCC1.[Pd+2].[Pd+2].[Pd+2]. The maximum Gasteiger partial charge on any atom is 2.00 e. The number of aliphatic carboxylic acids is 3. The van der Waals surface area contributed by atoms with Gasteiger partial charge in [-0.3, -0.25) is 0 Å². The fourth-order valence-corrected chi connectivity index (χ4v) is 6.38. The zero-order valence-corrected chi connectivity index (χ0v) is 37.5. The summed E-state index contributed by atoms with van der Waals surface area (Å²) in [5.74, 6) is -3.25. The van der Waals surface area contributed by atoms with Gasteiger partial charge in [0.1, 0.15) is 0 Å². The Bertz CT molecular complexity index is 690. The molecule has 0 heterocycles. The van der Waals surface area contributed by atoms with Gasteiger partial charge >= 0.3 is 61.3 Å². The summed E-state index contributed by atoms with van der Waals surface area (Å²) in [6.07, 6.45) is 20.0. The van der Waals surface area contributed by atoms with E-state index < -0.39 is 25.5 Å². The summed E-state index contributed by atoms with van der Waals surface area (Å²) >= 11 is 0. The van der Waals surface area contributed by atoms with Gasteiger partial charge in [-0.2, -0.15) is 0 Å². The van der Waals surface area contributed by atoms with Crippen molar-refractivity contribution in [2.75, 3.05) is 0 Å². The molecule has 0 aromatic rings. The Morgan fingerprint density at radius 2 is 0.620 bits per heavy atom. The smallest absolute Gasteiger partial charge is 0.634 e. The Labute approximate surface area is 346 Å². The number of carbonyl (C=O) groups excluding carboxylic acids is 3. The minimum Gasteiger partial charge on any atom is -0.634 e. The van der Waals surface area contributed by atoms with Crippen molar-refractivity contribution >= 4 is 25.5 Å². The number of carboxylic acids is 3. The minimum absolute atomic E-state index is 0. The number of nitrogens with two attached hydrogens (primary N) is 3. The molecule has 0 atom stereocenters. The van der Waals surface area contributed by atoms with E-state index in [4.69, 9.17) is 46.9 Å². The zero-order chi connectivity index (χ0) is 37.4. The first kappa shape index (κ1) is 65.3. The van der Waals surface area contributed by atoms with Crippen LogP contribution in [0, 0.1) is 0 Å². The van der Waals surface area contributed by atoms with Gasteiger partial charge in [0.25, 0.3) is 0 Å². The third kappa shape index (κ3) is 70.0. The number of carbonyl (C=O) groups is 3. The molecule has 0 aliphatic heterocycles. The van der Waals surface area contributed by atoms with Crippen molar-refractivity contribution in [3.05, 3.63) is 15.3 Å². The monoisotopic (exact) mass is 1010 g/mol.